The number of sulfonamides is 1. The van der Waals surface area contributed by atoms with Crippen LogP contribution in [0.4, 0.5) is 0 Å². The zero-order valence-corrected chi connectivity index (χ0v) is 13.8. The van der Waals surface area contributed by atoms with Crippen LogP contribution in [0.3, 0.4) is 0 Å². The largest absolute Gasteiger partial charge is 0.548 e. The van der Waals surface area contributed by atoms with Gasteiger partial charge in [0.25, 0.3) is 0 Å². The number of halogens is 1. The van der Waals surface area contributed by atoms with E-state index in [9.17, 15) is 18.3 Å². The van der Waals surface area contributed by atoms with E-state index in [1.165, 1.54) is 12.1 Å². The smallest absolute Gasteiger partial charge is 0.241 e. The van der Waals surface area contributed by atoms with Crippen molar-refractivity contribution < 1.29 is 18.3 Å². The molecule has 0 bridgehead atoms. The molecule has 1 atom stereocenters. The fourth-order valence-electron chi connectivity index (χ4n) is 1.89. The standard InChI is InChI=1S/C15H14BrNO4S/c16-12-6-8-13(9-7-12)22(20,21)17-14(15(18)19)10-11-4-2-1-3-5-11/h1-9,14,17H,10H2,(H,18,19)/p-1/t14-/m1/s1. The van der Waals surface area contributed by atoms with E-state index >= 15 is 0 Å². The summed E-state index contributed by atoms with van der Waals surface area (Å²) >= 11 is 3.21. The van der Waals surface area contributed by atoms with Crippen molar-refractivity contribution in [3.8, 4) is 0 Å². The normalized spacial score (nSPS) is 12.8. The Bertz CT molecular complexity index is 745. The fraction of sp³-hybridized carbons (Fsp3) is 0.133. The van der Waals surface area contributed by atoms with Gasteiger partial charge in [-0.2, -0.15) is 0 Å². The molecule has 22 heavy (non-hydrogen) atoms. The number of carboxylic acids is 1. The molecule has 0 unspecified atom stereocenters. The maximum absolute atomic E-state index is 12.2. The average Bonchev–Trinajstić information content (AvgIpc) is 2.48. The Kier molecular flexibility index (Phi) is 5.33. The van der Waals surface area contributed by atoms with Crippen molar-refractivity contribution in [1.82, 2.24) is 4.72 Å². The molecule has 0 aliphatic carbocycles. The molecule has 0 saturated carbocycles. The fourth-order valence-corrected chi connectivity index (χ4v) is 3.34. The van der Waals surface area contributed by atoms with Crippen LogP contribution in [0.1, 0.15) is 5.56 Å². The Balaban J connectivity index is 2.20. The minimum absolute atomic E-state index is 0.00462. The SMILES string of the molecule is O=C([O-])[C@@H](Cc1ccccc1)NS(=O)(=O)c1ccc(Br)cc1. The van der Waals surface area contributed by atoms with E-state index in [2.05, 4.69) is 20.7 Å². The van der Waals surface area contributed by atoms with Crippen molar-refractivity contribution >= 4 is 31.9 Å². The van der Waals surface area contributed by atoms with Gasteiger partial charge in [-0.15, -0.1) is 0 Å². The maximum Gasteiger partial charge on any atom is 0.241 e. The molecule has 0 heterocycles. The molecule has 2 rings (SSSR count). The predicted molar refractivity (Wildman–Crippen MR) is 83.4 cm³/mol. The summed E-state index contributed by atoms with van der Waals surface area (Å²) in [5.41, 5.74) is 0.704. The number of benzene rings is 2. The number of carboxylic acid groups (broad SMARTS) is 1. The number of hydrogen-bond acceptors (Lipinski definition) is 4. The van der Waals surface area contributed by atoms with Gasteiger partial charge in [-0.1, -0.05) is 46.3 Å². The Hall–Kier alpha value is -1.70. The van der Waals surface area contributed by atoms with E-state index in [-0.39, 0.29) is 11.3 Å². The van der Waals surface area contributed by atoms with Gasteiger partial charge in [-0.05, 0) is 36.2 Å². The van der Waals surface area contributed by atoms with E-state index in [4.69, 9.17) is 0 Å². The van der Waals surface area contributed by atoms with Crippen LogP contribution in [0, 0.1) is 0 Å². The molecule has 0 aliphatic rings. The average molecular weight is 383 g/mol. The summed E-state index contributed by atoms with van der Waals surface area (Å²) in [4.78, 5) is 11.2. The lowest BCUT2D eigenvalue weighted by atomic mass is 10.1. The molecule has 0 fully saturated rings. The van der Waals surface area contributed by atoms with Crippen LogP contribution in [-0.2, 0) is 21.2 Å². The summed E-state index contributed by atoms with van der Waals surface area (Å²) in [6.45, 7) is 0. The quantitative estimate of drug-likeness (QED) is 0.809. The first-order valence-electron chi connectivity index (χ1n) is 6.41. The molecule has 0 radical (unpaired) electrons. The minimum Gasteiger partial charge on any atom is -0.548 e. The molecule has 0 aromatic heterocycles. The van der Waals surface area contributed by atoms with Crippen molar-refractivity contribution in [3.05, 3.63) is 64.6 Å². The minimum atomic E-state index is -3.93. The first kappa shape index (κ1) is 16.7. The highest BCUT2D eigenvalue weighted by molar-refractivity contribution is 9.10. The molecular formula is C15H13BrNO4S-. The van der Waals surface area contributed by atoms with Gasteiger partial charge >= 0.3 is 0 Å². The van der Waals surface area contributed by atoms with Gasteiger partial charge in [-0.25, -0.2) is 13.1 Å². The van der Waals surface area contributed by atoms with Crippen LogP contribution in [-0.4, -0.2) is 20.4 Å². The van der Waals surface area contributed by atoms with Crippen molar-refractivity contribution in [1.29, 1.82) is 0 Å². The van der Waals surface area contributed by atoms with E-state index < -0.39 is 22.0 Å². The molecule has 2 aromatic carbocycles. The van der Waals surface area contributed by atoms with Gasteiger partial charge in [0.15, 0.2) is 0 Å². The van der Waals surface area contributed by atoms with Crippen molar-refractivity contribution in [2.75, 3.05) is 0 Å². The molecule has 1 N–H and O–H groups in total. The number of nitrogens with one attached hydrogen (secondary N) is 1. The molecule has 116 valence electrons. The second-order valence-electron chi connectivity index (χ2n) is 4.64. The predicted octanol–water partition coefficient (Wildman–Crippen LogP) is 1.09. The van der Waals surface area contributed by atoms with E-state index in [0.29, 0.717) is 5.56 Å². The van der Waals surface area contributed by atoms with Crippen molar-refractivity contribution in [2.24, 2.45) is 0 Å². The highest BCUT2D eigenvalue weighted by Gasteiger charge is 2.21. The summed E-state index contributed by atoms with van der Waals surface area (Å²) in [6, 6.07) is 13.3. The number of carbonyl (C=O) groups is 1. The Morgan fingerprint density at radius 3 is 2.23 bits per heavy atom. The number of aliphatic carboxylic acids is 1. The molecule has 0 aliphatic heterocycles. The molecule has 0 amide bonds. The van der Waals surface area contributed by atoms with Crippen LogP contribution in [0.2, 0.25) is 0 Å². The van der Waals surface area contributed by atoms with Gasteiger partial charge in [0, 0.05) is 4.47 Å². The lowest BCUT2D eigenvalue weighted by Crippen LogP contribution is -2.49. The monoisotopic (exact) mass is 382 g/mol. The van der Waals surface area contributed by atoms with E-state index in [1.807, 2.05) is 0 Å². The Morgan fingerprint density at radius 1 is 1.09 bits per heavy atom. The molecule has 0 spiro atoms. The lowest BCUT2D eigenvalue weighted by molar-refractivity contribution is -0.307. The first-order valence-corrected chi connectivity index (χ1v) is 8.69. The van der Waals surface area contributed by atoms with Crippen LogP contribution >= 0.6 is 15.9 Å². The summed E-state index contributed by atoms with van der Waals surface area (Å²) in [6.07, 6.45) is 0.0128. The second-order valence-corrected chi connectivity index (χ2v) is 7.27. The van der Waals surface area contributed by atoms with Crippen molar-refractivity contribution in [3.63, 3.8) is 0 Å². The van der Waals surface area contributed by atoms with Gasteiger partial charge in [0.2, 0.25) is 10.0 Å². The third-order valence-electron chi connectivity index (χ3n) is 2.99. The molecule has 5 nitrogen and oxygen atoms in total. The lowest BCUT2D eigenvalue weighted by Gasteiger charge is -2.20. The Morgan fingerprint density at radius 2 is 1.68 bits per heavy atom. The van der Waals surface area contributed by atoms with E-state index in [0.717, 1.165) is 4.47 Å². The van der Waals surface area contributed by atoms with Crippen LogP contribution in [0.5, 0.6) is 0 Å². The zero-order chi connectivity index (χ0) is 16.2. The highest BCUT2D eigenvalue weighted by Crippen LogP contribution is 2.15. The summed E-state index contributed by atoms with van der Waals surface area (Å²) in [7, 11) is -3.93. The van der Waals surface area contributed by atoms with Gasteiger partial charge in [0.1, 0.15) is 0 Å². The van der Waals surface area contributed by atoms with Gasteiger partial charge in [0.05, 0.1) is 16.9 Å². The third kappa shape index (κ3) is 4.40. The molecule has 0 saturated heterocycles. The number of hydrogen-bond donors (Lipinski definition) is 1. The summed E-state index contributed by atoms with van der Waals surface area (Å²) < 4.78 is 27.4. The first-order chi connectivity index (χ1) is 10.4. The third-order valence-corrected chi connectivity index (χ3v) is 5.00. The van der Waals surface area contributed by atoms with Crippen LogP contribution in [0.15, 0.2) is 64.0 Å². The number of carbonyl (C=O) groups excluding carboxylic acids is 1. The van der Waals surface area contributed by atoms with Crippen molar-refractivity contribution in [2.45, 2.75) is 17.4 Å². The topological polar surface area (TPSA) is 86.3 Å². The second kappa shape index (κ2) is 7.04. The van der Waals surface area contributed by atoms with Crippen LogP contribution in [0.25, 0.3) is 0 Å². The van der Waals surface area contributed by atoms with Crippen LogP contribution < -0.4 is 9.83 Å². The summed E-state index contributed by atoms with van der Waals surface area (Å²) in [5.74, 6) is -1.47. The summed E-state index contributed by atoms with van der Waals surface area (Å²) in [5, 5.41) is 11.2. The Labute approximate surface area is 137 Å². The van der Waals surface area contributed by atoms with E-state index in [1.54, 1.807) is 42.5 Å². The highest BCUT2D eigenvalue weighted by atomic mass is 79.9. The number of rotatable bonds is 6. The van der Waals surface area contributed by atoms with Gasteiger partial charge < -0.3 is 9.90 Å². The molecule has 7 heteroatoms. The van der Waals surface area contributed by atoms with Gasteiger partial charge in [-0.3, -0.25) is 0 Å². The molecular weight excluding hydrogens is 370 g/mol. The zero-order valence-electron chi connectivity index (χ0n) is 11.4. The maximum atomic E-state index is 12.2. The molecule has 2 aromatic rings.